The topological polar surface area (TPSA) is 196 Å². The third kappa shape index (κ3) is 8.90. The van der Waals surface area contributed by atoms with Crippen molar-refractivity contribution < 1.29 is 52.3 Å². The highest BCUT2D eigenvalue weighted by Gasteiger charge is 2.55. The molecule has 15 heteroatoms. The van der Waals surface area contributed by atoms with Crippen molar-refractivity contribution in [3.05, 3.63) is 184 Å². The van der Waals surface area contributed by atoms with Crippen molar-refractivity contribution >= 4 is 29.6 Å². The molecule has 1 saturated heterocycles. The first kappa shape index (κ1) is 37.8. The molecule has 15 nitrogen and oxygen atoms in total. The minimum Gasteiger partial charge on any atom is -0.459 e. The Kier molecular flexibility index (Phi) is 11.5. The standard InChI is InChI=1S/C42H31N3O12/c46-39(27-13-5-1-6-14-27)52-25-32-33(54-40(47)28-15-7-2-8-16-28)34(55-41(48)29-17-9-3-10-18-29)35(56-42(49)30-19-11-4-12-20-30)36(53-32)37-43-38(57-44-37)26-21-23-31(24-22-26)45(50)51/h1-24,32-36H,25H2/t32-,33-,34+,35-,36-/m1/s1. The molecule has 0 amide bonds. The molecule has 1 aliphatic rings. The molecule has 7 rings (SSSR count). The van der Waals surface area contributed by atoms with Gasteiger partial charge in [0, 0.05) is 17.7 Å². The van der Waals surface area contributed by atoms with Gasteiger partial charge in [-0.1, -0.05) is 78.0 Å². The van der Waals surface area contributed by atoms with Crippen LogP contribution in [-0.2, 0) is 23.7 Å². The van der Waals surface area contributed by atoms with Crippen molar-refractivity contribution in [2.75, 3.05) is 6.61 Å². The number of nitrogens with zero attached hydrogens (tertiary/aromatic N) is 3. The second-order valence-electron chi connectivity index (χ2n) is 12.5. The van der Waals surface area contributed by atoms with Crippen LogP contribution in [0.3, 0.4) is 0 Å². The van der Waals surface area contributed by atoms with Crippen LogP contribution in [0.5, 0.6) is 0 Å². The Morgan fingerprint density at radius 1 is 0.579 bits per heavy atom. The van der Waals surface area contributed by atoms with Gasteiger partial charge in [0.1, 0.15) is 12.7 Å². The monoisotopic (exact) mass is 769 g/mol. The fourth-order valence-corrected chi connectivity index (χ4v) is 5.97. The van der Waals surface area contributed by atoms with Crippen LogP contribution >= 0.6 is 0 Å². The van der Waals surface area contributed by atoms with E-state index in [1.807, 2.05) is 0 Å². The van der Waals surface area contributed by atoms with E-state index < -0.39 is 65.9 Å². The zero-order valence-electron chi connectivity index (χ0n) is 29.7. The summed E-state index contributed by atoms with van der Waals surface area (Å²) < 4.78 is 35.9. The number of non-ortho nitro benzene ring substituents is 1. The van der Waals surface area contributed by atoms with Gasteiger partial charge in [0.15, 0.2) is 24.4 Å². The maximum absolute atomic E-state index is 13.9. The summed E-state index contributed by atoms with van der Waals surface area (Å²) >= 11 is 0. The van der Waals surface area contributed by atoms with Crippen molar-refractivity contribution in [3.8, 4) is 11.5 Å². The number of esters is 4. The third-order valence-electron chi connectivity index (χ3n) is 8.80. The summed E-state index contributed by atoms with van der Waals surface area (Å²) in [5, 5.41) is 15.4. The van der Waals surface area contributed by atoms with Gasteiger partial charge in [-0.3, -0.25) is 10.1 Å². The van der Waals surface area contributed by atoms with Gasteiger partial charge in [-0.25, -0.2) is 19.2 Å². The minimum absolute atomic E-state index is 0.0841. The maximum Gasteiger partial charge on any atom is 0.338 e. The van der Waals surface area contributed by atoms with E-state index in [-0.39, 0.29) is 39.7 Å². The van der Waals surface area contributed by atoms with Crippen LogP contribution in [0.25, 0.3) is 11.5 Å². The van der Waals surface area contributed by atoms with E-state index >= 15 is 0 Å². The van der Waals surface area contributed by atoms with Gasteiger partial charge in [0.05, 0.1) is 27.2 Å². The van der Waals surface area contributed by atoms with Crippen LogP contribution in [-0.4, -0.2) is 70.0 Å². The minimum atomic E-state index is -1.64. The van der Waals surface area contributed by atoms with Crippen molar-refractivity contribution in [1.82, 2.24) is 10.1 Å². The molecule has 0 unspecified atom stereocenters. The van der Waals surface area contributed by atoms with E-state index in [1.165, 1.54) is 60.7 Å². The quantitative estimate of drug-likeness (QED) is 0.0557. The number of ether oxygens (including phenoxy) is 5. The number of benzene rings is 5. The Morgan fingerprint density at radius 3 is 1.49 bits per heavy atom. The normalized spacial score (nSPS) is 18.8. The van der Waals surface area contributed by atoms with E-state index in [0.29, 0.717) is 5.56 Å². The molecule has 0 spiro atoms. The van der Waals surface area contributed by atoms with Crippen molar-refractivity contribution in [1.29, 1.82) is 0 Å². The Hall–Kier alpha value is -7.52. The van der Waals surface area contributed by atoms with E-state index in [2.05, 4.69) is 10.1 Å². The van der Waals surface area contributed by atoms with Gasteiger partial charge in [0.25, 0.3) is 11.6 Å². The number of rotatable bonds is 12. The zero-order valence-corrected chi connectivity index (χ0v) is 29.7. The lowest BCUT2D eigenvalue weighted by molar-refractivity contribution is -0.384. The van der Waals surface area contributed by atoms with Crippen LogP contribution in [0.2, 0.25) is 0 Å². The first-order valence-corrected chi connectivity index (χ1v) is 17.5. The predicted molar refractivity (Wildman–Crippen MR) is 198 cm³/mol. The molecule has 2 heterocycles. The van der Waals surface area contributed by atoms with Gasteiger partial charge in [0.2, 0.25) is 5.82 Å². The second-order valence-corrected chi connectivity index (χ2v) is 12.5. The van der Waals surface area contributed by atoms with Crippen LogP contribution in [0, 0.1) is 10.1 Å². The Balaban J connectivity index is 1.32. The summed E-state index contributed by atoms with van der Waals surface area (Å²) in [6, 6.07) is 37.3. The summed E-state index contributed by atoms with van der Waals surface area (Å²) in [5.41, 5.74) is 0.735. The third-order valence-corrected chi connectivity index (χ3v) is 8.80. The Bertz CT molecular complexity index is 2340. The zero-order chi connectivity index (χ0) is 39.7. The average Bonchev–Trinajstić information content (AvgIpc) is 3.75. The van der Waals surface area contributed by atoms with Crippen molar-refractivity contribution in [2.45, 2.75) is 30.5 Å². The van der Waals surface area contributed by atoms with Crippen molar-refractivity contribution in [2.24, 2.45) is 0 Å². The summed E-state index contributed by atoms with van der Waals surface area (Å²) in [6.07, 6.45) is -7.73. The number of hydrogen-bond donors (Lipinski definition) is 0. The lowest BCUT2D eigenvalue weighted by Crippen LogP contribution is -2.60. The Morgan fingerprint density at radius 2 is 1.02 bits per heavy atom. The Labute approximate surface area is 323 Å². The van der Waals surface area contributed by atoms with Crippen LogP contribution in [0.15, 0.2) is 150 Å². The molecule has 5 atom stereocenters. The molecule has 0 radical (unpaired) electrons. The van der Waals surface area contributed by atoms with Crippen molar-refractivity contribution in [3.63, 3.8) is 0 Å². The largest absolute Gasteiger partial charge is 0.459 e. The molecule has 1 aromatic heterocycles. The molecule has 0 aliphatic carbocycles. The van der Waals surface area contributed by atoms with Crippen LogP contribution < -0.4 is 0 Å². The molecule has 0 bridgehead atoms. The molecule has 5 aromatic carbocycles. The molecule has 1 fully saturated rings. The molecular formula is C42H31N3O12. The van der Waals surface area contributed by atoms with Gasteiger partial charge < -0.3 is 28.2 Å². The molecule has 6 aromatic rings. The summed E-state index contributed by atoms with van der Waals surface area (Å²) in [6.45, 7) is -0.553. The summed E-state index contributed by atoms with van der Waals surface area (Å²) in [7, 11) is 0. The molecule has 57 heavy (non-hydrogen) atoms. The first-order chi connectivity index (χ1) is 27.7. The highest BCUT2D eigenvalue weighted by molar-refractivity contribution is 5.91. The smallest absolute Gasteiger partial charge is 0.338 e. The number of aromatic nitrogens is 2. The highest BCUT2D eigenvalue weighted by atomic mass is 16.7. The lowest BCUT2D eigenvalue weighted by Gasteiger charge is -2.43. The first-order valence-electron chi connectivity index (χ1n) is 17.5. The number of carbonyl (C=O) groups excluding carboxylic acids is 4. The highest BCUT2D eigenvalue weighted by Crippen LogP contribution is 2.38. The maximum atomic E-state index is 13.9. The molecule has 0 saturated carbocycles. The van der Waals surface area contributed by atoms with Gasteiger partial charge >= 0.3 is 23.9 Å². The van der Waals surface area contributed by atoms with E-state index in [9.17, 15) is 29.3 Å². The number of nitro benzene ring substituents is 1. The number of hydrogen-bond acceptors (Lipinski definition) is 14. The van der Waals surface area contributed by atoms with E-state index in [1.54, 1.807) is 84.9 Å². The number of nitro groups is 1. The van der Waals surface area contributed by atoms with Crippen LogP contribution in [0.4, 0.5) is 5.69 Å². The van der Waals surface area contributed by atoms with Crippen LogP contribution in [0.1, 0.15) is 53.4 Å². The number of carbonyl (C=O) groups is 4. The molecule has 1 aliphatic heterocycles. The lowest BCUT2D eigenvalue weighted by atomic mass is 9.93. The predicted octanol–water partition coefficient (Wildman–Crippen LogP) is 6.62. The fraction of sp³-hybridized carbons (Fsp3) is 0.143. The van der Waals surface area contributed by atoms with Gasteiger partial charge in [-0.15, -0.1) is 0 Å². The molecular weight excluding hydrogens is 738 g/mol. The second kappa shape index (κ2) is 17.3. The average molecular weight is 770 g/mol. The van der Waals surface area contributed by atoms with E-state index in [4.69, 9.17) is 28.2 Å². The van der Waals surface area contributed by atoms with E-state index in [0.717, 1.165) is 0 Å². The fourth-order valence-electron chi connectivity index (χ4n) is 5.97. The summed E-state index contributed by atoms with van der Waals surface area (Å²) in [5.74, 6) is -3.62. The molecule has 286 valence electrons. The SMILES string of the molecule is O=C(OC[C@H]1O[C@@H](c2noc(-c3ccc([N+](=O)[O-])cc3)n2)[C@H](OC(=O)c2ccccc2)[C@@H](OC(=O)c2ccccc2)[C@@H]1OC(=O)c1ccccc1)c1ccccc1. The van der Waals surface area contributed by atoms with Gasteiger partial charge in [-0.2, -0.15) is 4.98 Å². The van der Waals surface area contributed by atoms with Gasteiger partial charge in [-0.05, 0) is 60.7 Å². The molecule has 0 N–H and O–H groups in total. The summed E-state index contributed by atoms with van der Waals surface area (Å²) in [4.78, 5) is 69.8.